The van der Waals surface area contributed by atoms with Crippen molar-refractivity contribution in [2.45, 2.75) is 48.8 Å². The van der Waals surface area contributed by atoms with Gasteiger partial charge in [-0.1, -0.05) is 11.8 Å². The molecule has 0 spiro atoms. The fourth-order valence-electron chi connectivity index (χ4n) is 3.04. The second kappa shape index (κ2) is 10.3. The van der Waals surface area contributed by atoms with Crippen LogP contribution in [-0.2, 0) is 4.79 Å². The van der Waals surface area contributed by atoms with Crippen LogP contribution in [0.2, 0.25) is 0 Å². The highest BCUT2D eigenvalue weighted by Crippen LogP contribution is 2.32. The highest BCUT2D eigenvalue weighted by atomic mass is 35.5. The lowest BCUT2D eigenvalue weighted by molar-refractivity contribution is -0.116. The number of piperidine rings is 1. The molecule has 0 radical (unpaired) electrons. The number of aryl methyl sites for hydroxylation is 2. The van der Waals surface area contributed by atoms with Crippen LogP contribution in [0.3, 0.4) is 0 Å². The monoisotopic (exact) mass is 411 g/mol. The molecule has 142 valence electrons. The van der Waals surface area contributed by atoms with Crippen molar-refractivity contribution in [2.24, 2.45) is 5.92 Å². The van der Waals surface area contributed by atoms with Crippen LogP contribution in [-0.4, -0.2) is 24.0 Å². The molecule has 7 heteroatoms. The van der Waals surface area contributed by atoms with Gasteiger partial charge >= 0.3 is 0 Å². The number of anilines is 1. The van der Waals surface area contributed by atoms with Gasteiger partial charge in [0.1, 0.15) is 0 Å². The number of halogens is 1. The van der Waals surface area contributed by atoms with Gasteiger partial charge in [0, 0.05) is 28.1 Å². The van der Waals surface area contributed by atoms with Gasteiger partial charge in [-0.05, 0) is 75.9 Å². The molecule has 0 atom stereocenters. The summed E-state index contributed by atoms with van der Waals surface area (Å²) in [5.41, 5.74) is 3.06. The summed E-state index contributed by atoms with van der Waals surface area (Å²) in [6.07, 6.45) is 3.98. The number of thiazole rings is 1. The lowest BCUT2D eigenvalue weighted by Crippen LogP contribution is -2.28. The van der Waals surface area contributed by atoms with Crippen LogP contribution in [0.1, 0.15) is 36.9 Å². The first-order valence-corrected chi connectivity index (χ1v) is 10.5. The molecule has 3 rings (SSSR count). The number of hydrogen-bond acceptors (Lipinski definition) is 5. The van der Waals surface area contributed by atoms with Gasteiger partial charge < -0.3 is 10.6 Å². The summed E-state index contributed by atoms with van der Waals surface area (Å²) >= 11 is 3.33. The number of nitrogens with zero attached hydrogens (tertiary/aromatic N) is 1. The van der Waals surface area contributed by atoms with E-state index in [1.165, 1.54) is 12.8 Å². The molecule has 1 aliphatic heterocycles. The number of nitrogens with one attached hydrogen (secondary N) is 2. The quantitative estimate of drug-likeness (QED) is 0.698. The topological polar surface area (TPSA) is 54.0 Å². The van der Waals surface area contributed by atoms with Gasteiger partial charge in [0.15, 0.2) is 4.34 Å². The Morgan fingerprint density at radius 3 is 2.77 bits per heavy atom. The first kappa shape index (κ1) is 21.2. The zero-order valence-electron chi connectivity index (χ0n) is 15.2. The number of benzene rings is 1. The Balaban J connectivity index is 0.00000243. The van der Waals surface area contributed by atoms with Crippen LogP contribution < -0.4 is 10.6 Å². The minimum atomic E-state index is 0. The normalized spacial score (nSPS) is 14.7. The molecule has 0 bridgehead atoms. The van der Waals surface area contributed by atoms with E-state index in [-0.39, 0.29) is 18.3 Å². The van der Waals surface area contributed by atoms with Gasteiger partial charge in [0.25, 0.3) is 0 Å². The first-order valence-electron chi connectivity index (χ1n) is 8.81. The van der Waals surface area contributed by atoms with Gasteiger partial charge in [-0.3, -0.25) is 4.79 Å². The van der Waals surface area contributed by atoms with E-state index in [1.54, 1.807) is 23.1 Å². The summed E-state index contributed by atoms with van der Waals surface area (Å²) in [4.78, 5) is 17.9. The van der Waals surface area contributed by atoms with E-state index in [1.807, 2.05) is 19.9 Å². The van der Waals surface area contributed by atoms with E-state index in [0.29, 0.717) is 12.3 Å². The second-order valence-electron chi connectivity index (χ2n) is 6.61. The van der Waals surface area contributed by atoms with Gasteiger partial charge in [-0.25, -0.2) is 4.98 Å². The van der Waals surface area contributed by atoms with Gasteiger partial charge in [-0.15, -0.1) is 23.7 Å². The number of carbonyl (C=O) groups excluding carboxylic acids is 1. The molecule has 1 amide bonds. The fourth-order valence-corrected chi connectivity index (χ4v) is 4.95. The maximum absolute atomic E-state index is 12.2. The number of carbonyl (C=O) groups is 1. The molecule has 1 saturated heterocycles. The Morgan fingerprint density at radius 2 is 2.12 bits per heavy atom. The molecular formula is C19H26ClN3OS2. The third kappa shape index (κ3) is 6.27. The Labute approximate surface area is 170 Å². The molecule has 1 aliphatic rings. The van der Waals surface area contributed by atoms with Crippen molar-refractivity contribution in [3.8, 4) is 0 Å². The zero-order valence-corrected chi connectivity index (χ0v) is 17.7. The largest absolute Gasteiger partial charge is 0.326 e. The Hall–Kier alpha value is -1.08. The molecular weight excluding hydrogens is 386 g/mol. The van der Waals surface area contributed by atoms with Crippen molar-refractivity contribution in [3.05, 3.63) is 34.8 Å². The molecule has 2 N–H and O–H groups in total. The van der Waals surface area contributed by atoms with Crippen LogP contribution >= 0.6 is 35.5 Å². The van der Waals surface area contributed by atoms with Crippen molar-refractivity contribution in [1.82, 2.24) is 10.3 Å². The van der Waals surface area contributed by atoms with Gasteiger partial charge in [0.05, 0.1) is 0 Å². The van der Waals surface area contributed by atoms with Crippen molar-refractivity contribution in [2.75, 3.05) is 18.4 Å². The summed E-state index contributed by atoms with van der Waals surface area (Å²) in [6, 6.07) is 6.17. The molecule has 0 aliphatic carbocycles. The van der Waals surface area contributed by atoms with Crippen molar-refractivity contribution in [3.63, 3.8) is 0 Å². The summed E-state index contributed by atoms with van der Waals surface area (Å²) in [6.45, 7) is 6.22. The standard InChI is InChI=1S/C19H25N3OS2.ClH/c1-13-11-16(25-19-21-14(2)12-24-19)4-5-17(13)22-18(23)6-3-15-7-9-20-10-8-15;/h4-5,11-12,15,20H,3,6-10H2,1-2H3,(H,22,23);1H. The summed E-state index contributed by atoms with van der Waals surface area (Å²) in [5.74, 6) is 0.811. The van der Waals surface area contributed by atoms with E-state index in [9.17, 15) is 4.79 Å². The van der Waals surface area contributed by atoms with Crippen molar-refractivity contribution >= 4 is 47.1 Å². The number of hydrogen-bond donors (Lipinski definition) is 2. The zero-order chi connectivity index (χ0) is 17.6. The molecule has 2 aromatic rings. The van der Waals surface area contributed by atoms with E-state index in [4.69, 9.17) is 0 Å². The molecule has 1 aromatic heterocycles. The minimum Gasteiger partial charge on any atom is -0.326 e. The molecule has 0 unspecified atom stereocenters. The van der Waals surface area contributed by atoms with Crippen LogP contribution in [0.25, 0.3) is 0 Å². The third-order valence-corrected chi connectivity index (χ3v) is 6.56. The molecule has 2 heterocycles. The predicted octanol–water partition coefficient (Wildman–Crippen LogP) is 5.05. The minimum absolute atomic E-state index is 0. The number of amides is 1. The van der Waals surface area contributed by atoms with E-state index < -0.39 is 0 Å². The average molecular weight is 412 g/mol. The predicted molar refractivity (Wildman–Crippen MR) is 113 cm³/mol. The SMILES string of the molecule is Cc1csc(Sc2ccc(NC(=O)CCC3CCNCC3)c(C)c2)n1.Cl. The summed E-state index contributed by atoms with van der Waals surface area (Å²) in [5, 5.41) is 8.50. The molecule has 26 heavy (non-hydrogen) atoms. The van der Waals surface area contributed by atoms with Crippen LogP contribution in [0.5, 0.6) is 0 Å². The maximum Gasteiger partial charge on any atom is 0.224 e. The molecule has 1 fully saturated rings. The molecule has 4 nitrogen and oxygen atoms in total. The molecule has 0 saturated carbocycles. The highest BCUT2D eigenvalue weighted by molar-refractivity contribution is 8.01. The Bertz CT molecular complexity index is 729. The van der Waals surface area contributed by atoms with Crippen LogP contribution in [0.4, 0.5) is 5.69 Å². The second-order valence-corrected chi connectivity index (χ2v) is 8.79. The van der Waals surface area contributed by atoms with Crippen LogP contribution in [0.15, 0.2) is 32.8 Å². The Kier molecular flexibility index (Phi) is 8.41. The van der Waals surface area contributed by atoms with E-state index in [2.05, 4.69) is 33.1 Å². The summed E-state index contributed by atoms with van der Waals surface area (Å²) < 4.78 is 1.05. The summed E-state index contributed by atoms with van der Waals surface area (Å²) in [7, 11) is 0. The lowest BCUT2D eigenvalue weighted by atomic mass is 9.93. The van der Waals surface area contributed by atoms with E-state index >= 15 is 0 Å². The van der Waals surface area contributed by atoms with Crippen molar-refractivity contribution < 1.29 is 4.79 Å². The fraction of sp³-hybridized carbons (Fsp3) is 0.474. The van der Waals surface area contributed by atoms with Crippen molar-refractivity contribution in [1.29, 1.82) is 0 Å². The van der Waals surface area contributed by atoms with Crippen LogP contribution in [0, 0.1) is 19.8 Å². The highest BCUT2D eigenvalue weighted by Gasteiger charge is 2.15. The smallest absolute Gasteiger partial charge is 0.224 e. The number of rotatable bonds is 6. The number of aromatic nitrogens is 1. The Morgan fingerprint density at radius 1 is 1.35 bits per heavy atom. The van der Waals surface area contributed by atoms with Gasteiger partial charge in [0.2, 0.25) is 5.91 Å². The first-order chi connectivity index (χ1) is 12.1. The average Bonchev–Trinajstić information content (AvgIpc) is 3.01. The van der Waals surface area contributed by atoms with Gasteiger partial charge in [-0.2, -0.15) is 0 Å². The lowest BCUT2D eigenvalue weighted by Gasteiger charge is -2.22. The third-order valence-electron chi connectivity index (χ3n) is 4.51. The molecule has 1 aromatic carbocycles. The maximum atomic E-state index is 12.2. The van der Waals surface area contributed by atoms with E-state index in [0.717, 1.165) is 45.7 Å².